The summed E-state index contributed by atoms with van der Waals surface area (Å²) in [7, 11) is 0. The second-order valence-electron chi connectivity index (χ2n) is 3.93. The summed E-state index contributed by atoms with van der Waals surface area (Å²) in [6, 6.07) is 8.42. The van der Waals surface area contributed by atoms with Crippen molar-refractivity contribution in [1.29, 1.82) is 0 Å². The maximum Gasteiger partial charge on any atom is 0.129 e. The number of hydrogen-bond acceptors (Lipinski definition) is 2. The lowest BCUT2D eigenvalue weighted by molar-refractivity contribution is 0.714. The number of rotatable bonds is 1. The molecule has 1 aliphatic rings. The van der Waals surface area contributed by atoms with E-state index in [2.05, 4.69) is 52.1 Å². The van der Waals surface area contributed by atoms with E-state index in [1.54, 1.807) is 0 Å². The minimum Gasteiger partial charge on any atom is -0.270 e. The lowest BCUT2D eigenvalue weighted by atomic mass is 10.2. The summed E-state index contributed by atoms with van der Waals surface area (Å²) in [6.45, 7) is 2.81. The molecule has 1 aromatic carbocycles. The second kappa shape index (κ2) is 3.52. The molecule has 0 N–H and O–H groups in total. The molecule has 0 bridgehead atoms. The minimum atomic E-state index is 0.675. The summed E-state index contributed by atoms with van der Waals surface area (Å²) < 4.78 is 2.15. The Bertz CT molecular complexity index is 578. The first kappa shape index (κ1) is 9.21. The van der Waals surface area contributed by atoms with Gasteiger partial charge < -0.3 is 0 Å². The highest BCUT2D eigenvalue weighted by Crippen LogP contribution is 2.20. The molecular weight excluding hydrogens is 198 g/mol. The average Bonchev–Trinajstić information content (AvgIpc) is 2.69. The quantitative estimate of drug-likeness (QED) is 0.709. The van der Waals surface area contributed by atoms with Crippen LogP contribution >= 0.6 is 0 Å². The topological polar surface area (TPSA) is 20.5 Å². The van der Waals surface area contributed by atoms with Gasteiger partial charge in [0.15, 0.2) is 0 Å². The Labute approximate surface area is 94.3 Å². The number of hydrogen-bond donors (Lipinski definition) is 0. The van der Waals surface area contributed by atoms with Crippen molar-refractivity contribution in [1.82, 2.24) is 4.68 Å². The van der Waals surface area contributed by atoms with Crippen LogP contribution in [0.3, 0.4) is 0 Å². The molecular formula is C13H13N3. The van der Waals surface area contributed by atoms with Gasteiger partial charge in [0.2, 0.25) is 0 Å². The Balaban J connectivity index is 2.17. The molecule has 0 atom stereocenters. The van der Waals surface area contributed by atoms with Crippen molar-refractivity contribution in [2.75, 3.05) is 11.7 Å². The largest absolute Gasteiger partial charge is 0.270 e. The highest BCUT2D eigenvalue weighted by Gasteiger charge is 2.09. The van der Waals surface area contributed by atoms with Gasteiger partial charge in [-0.1, -0.05) is 18.2 Å². The summed E-state index contributed by atoms with van der Waals surface area (Å²) in [4.78, 5) is 4.24. The zero-order valence-electron chi connectivity index (χ0n) is 9.17. The van der Waals surface area contributed by atoms with Crippen LogP contribution in [0.15, 0.2) is 47.7 Å². The number of nitrogens with zero attached hydrogens (tertiary/aromatic N) is 3. The van der Waals surface area contributed by atoms with Crippen LogP contribution in [0.25, 0.3) is 10.9 Å². The zero-order valence-corrected chi connectivity index (χ0v) is 9.17. The van der Waals surface area contributed by atoms with Crippen LogP contribution in [0, 0.1) is 6.92 Å². The van der Waals surface area contributed by atoms with Gasteiger partial charge in [-0.2, -0.15) is 0 Å². The number of fused-ring (bicyclic) bond motifs is 1. The van der Waals surface area contributed by atoms with Crippen LogP contribution in [-0.2, 0) is 0 Å². The second-order valence-corrected chi connectivity index (χ2v) is 3.93. The highest BCUT2D eigenvalue weighted by atomic mass is 15.6. The fourth-order valence-corrected chi connectivity index (χ4v) is 2.06. The van der Waals surface area contributed by atoms with E-state index in [9.17, 15) is 0 Å². The van der Waals surface area contributed by atoms with Crippen LogP contribution < -0.4 is 5.01 Å². The van der Waals surface area contributed by atoms with Gasteiger partial charge in [0.05, 0.1) is 5.52 Å². The molecule has 0 aliphatic carbocycles. The minimum absolute atomic E-state index is 0.675. The van der Waals surface area contributed by atoms with Crippen molar-refractivity contribution < 1.29 is 0 Å². The molecule has 0 amide bonds. The maximum atomic E-state index is 4.24. The lowest BCUT2D eigenvalue weighted by Crippen LogP contribution is -2.29. The average molecular weight is 211 g/mol. The maximum absolute atomic E-state index is 4.24. The van der Waals surface area contributed by atoms with Crippen molar-refractivity contribution in [2.45, 2.75) is 6.92 Å². The third-order valence-corrected chi connectivity index (χ3v) is 2.84. The van der Waals surface area contributed by atoms with Gasteiger partial charge in [0.25, 0.3) is 0 Å². The molecule has 16 heavy (non-hydrogen) atoms. The van der Waals surface area contributed by atoms with Crippen LogP contribution in [0.1, 0.15) is 5.56 Å². The molecule has 0 radical (unpaired) electrons. The molecule has 1 aromatic heterocycles. The van der Waals surface area contributed by atoms with E-state index < -0.39 is 0 Å². The van der Waals surface area contributed by atoms with Crippen LogP contribution in [0.4, 0.5) is 0 Å². The summed E-state index contributed by atoms with van der Waals surface area (Å²) in [6.07, 6.45) is 7.97. The van der Waals surface area contributed by atoms with Crippen molar-refractivity contribution in [3.05, 3.63) is 48.3 Å². The molecule has 0 fully saturated rings. The van der Waals surface area contributed by atoms with Crippen molar-refractivity contribution in [3.63, 3.8) is 0 Å². The molecule has 2 heterocycles. The van der Waals surface area contributed by atoms with E-state index in [0.29, 0.717) is 6.67 Å². The molecule has 3 rings (SSSR count). The summed E-state index contributed by atoms with van der Waals surface area (Å²) in [5.74, 6) is 0. The van der Waals surface area contributed by atoms with E-state index in [1.165, 1.54) is 16.5 Å². The summed E-state index contributed by atoms with van der Waals surface area (Å²) in [5, 5.41) is 3.39. The summed E-state index contributed by atoms with van der Waals surface area (Å²) >= 11 is 0. The van der Waals surface area contributed by atoms with E-state index in [-0.39, 0.29) is 0 Å². The Morgan fingerprint density at radius 1 is 1.25 bits per heavy atom. The van der Waals surface area contributed by atoms with Gasteiger partial charge in [-0.3, -0.25) is 14.7 Å². The predicted octanol–water partition coefficient (Wildman–Crippen LogP) is 2.44. The van der Waals surface area contributed by atoms with Gasteiger partial charge in [-0.05, 0) is 24.6 Å². The van der Waals surface area contributed by atoms with Gasteiger partial charge in [0, 0.05) is 24.0 Å². The van der Waals surface area contributed by atoms with Crippen molar-refractivity contribution >= 4 is 17.1 Å². The van der Waals surface area contributed by atoms with Gasteiger partial charge in [-0.15, -0.1) is 0 Å². The van der Waals surface area contributed by atoms with Gasteiger partial charge in [-0.25, -0.2) is 0 Å². The van der Waals surface area contributed by atoms with E-state index in [4.69, 9.17) is 0 Å². The van der Waals surface area contributed by atoms with E-state index in [1.807, 2.05) is 18.5 Å². The van der Waals surface area contributed by atoms with E-state index >= 15 is 0 Å². The number of para-hydroxylation sites is 1. The molecule has 0 spiro atoms. The first-order chi connectivity index (χ1) is 7.86. The molecule has 3 nitrogen and oxygen atoms in total. The van der Waals surface area contributed by atoms with Crippen LogP contribution in [0.2, 0.25) is 0 Å². The fourth-order valence-electron chi connectivity index (χ4n) is 2.06. The third kappa shape index (κ3) is 1.33. The number of aryl methyl sites for hydroxylation is 1. The Morgan fingerprint density at radius 2 is 2.12 bits per heavy atom. The Kier molecular flexibility index (Phi) is 2.03. The molecule has 0 unspecified atom stereocenters. The SMILES string of the molecule is Cc1cn(N2C=CC=NC2)c2ccccc12. The molecule has 3 heteroatoms. The van der Waals surface area contributed by atoms with Gasteiger partial charge in [0.1, 0.15) is 6.67 Å². The fraction of sp³-hybridized carbons (Fsp3) is 0.154. The Hall–Kier alpha value is -2.03. The Morgan fingerprint density at radius 3 is 2.94 bits per heavy atom. The highest BCUT2D eigenvalue weighted by molar-refractivity contribution is 5.84. The number of aliphatic imine (C=N–C) groups is 1. The summed E-state index contributed by atoms with van der Waals surface area (Å²) in [5.41, 5.74) is 2.51. The third-order valence-electron chi connectivity index (χ3n) is 2.84. The first-order valence-corrected chi connectivity index (χ1v) is 5.36. The van der Waals surface area contributed by atoms with Crippen molar-refractivity contribution in [3.8, 4) is 0 Å². The molecule has 0 saturated heterocycles. The monoisotopic (exact) mass is 211 g/mol. The van der Waals surface area contributed by atoms with Crippen molar-refractivity contribution in [2.24, 2.45) is 4.99 Å². The first-order valence-electron chi connectivity index (χ1n) is 5.36. The standard InChI is InChI=1S/C13H13N3/c1-11-9-16(15-8-4-7-14-10-15)13-6-3-2-5-12(11)13/h2-9H,10H2,1H3. The molecule has 2 aromatic rings. The van der Waals surface area contributed by atoms with E-state index in [0.717, 1.165) is 0 Å². The number of allylic oxidation sites excluding steroid dienone is 1. The number of benzene rings is 1. The number of aromatic nitrogens is 1. The van der Waals surface area contributed by atoms with Gasteiger partial charge >= 0.3 is 0 Å². The normalized spacial score (nSPS) is 14.9. The predicted molar refractivity (Wildman–Crippen MR) is 67.4 cm³/mol. The van der Waals surface area contributed by atoms with Crippen LogP contribution in [-0.4, -0.2) is 17.6 Å². The zero-order chi connectivity index (χ0) is 11.0. The molecule has 0 saturated carbocycles. The molecule has 1 aliphatic heterocycles. The van der Waals surface area contributed by atoms with Crippen LogP contribution in [0.5, 0.6) is 0 Å². The molecule has 80 valence electrons. The lowest BCUT2D eigenvalue weighted by Gasteiger charge is -2.22. The smallest absolute Gasteiger partial charge is 0.129 e.